The number of rotatable bonds is 5. The summed E-state index contributed by atoms with van der Waals surface area (Å²) in [6.45, 7) is 0. The molecule has 0 bridgehead atoms. The fourth-order valence-electron chi connectivity index (χ4n) is 5.73. The SMILES string of the molecule is Brc1cc(-c2ccc(-c3cccnc3)cc2)cc(-c2cc(-c3cccc4sc5ccccc5c34)nc(-c3ccccc3)n2)c1. The lowest BCUT2D eigenvalue weighted by Crippen LogP contribution is -1.96. The third kappa shape index (κ3) is 5.00. The van der Waals surface area contributed by atoms with Gasteiger partial charge in [-0.05, 0) is 64.7 Å². The summed E-state index contributed by atoms with van der Waals surface area (Å²) < 4.78 is 3.52. The summed E-state index contributed by atoms with van der Waals surface area (Å²) in [4.78, 5) is 14.5. The Morgan fingerprint density at radius 2 is 1.20 bits per heavy atom. The van der Waals surface area contributed by atoms with E-state index in [4.69, 9.17) is 9.97 Å². The topological polar surface area (TPSA) is 38.7 Å². The van der Waals surface area contributed by atoms with Crippen LogP contribution in [0.3, 0.4) is 0 Å². The average molecular weight is 647 g/mol. The molecule has 0 spiro atoms. The van der Waals surface area contributed by atoms with Crippen LogP contribution in [0.2, 0.25) is 0 Å². The highest BCUT2D eigenvalue weighted by atomic mass is 79.9. The second-order valence-electron chi connectivity index (χ2n) is 10.7. The minimum absolute atomic E-state index is 0.706. The Hall–Kier alpha value is -4.97. The van der Waals surface area contributed by atoms with Crippen LogP contribution < -0.4 is 0 Å². The van der Waals surface area contributed by atoms with Crippen LogP contribution in [-0.4, -0.2) is 15.0 Å². The van der Waals surface area contributed by atoms with Gasteiger partial charge in [0.15, 0.2) is 5.82 Å². The molecule has 208 valence electrons. The maximum atomic E-state index is 5.15. The quantitative estimate of drug-likeness (QED) is 0.187. The number of pyridine rings is 1. The van der Waals surface area contributed by atoms with Gasteiger partial charge in [0, 0.05) is 53.7 Å². The molecule has 5 heteroatoms. The first-order chi connectivity index (χ1) is 21.7. The molecule has 44 heavy (non-hydrogen) atoms. The highest BCUT2D eigenvalue weighted by Gasteiger charge is 2.16. The number of fused-ring (bicyclic) bond motifs is 3. The predicted molar refractivity (Wildman–Crippen MR) is 188 cm³/mol. The Bertz CT molecular complexity index is 2280. The van der Waals surface area contributed by atoms with Crippen molar-refractivity contribution in [2.75, 3.05) is 0 Å². The minimum Gasteiger partial charge on any atom is -0.264 e. The van der Waals surface area contributed by atoms with Crippen molar-refractivity contribution in [1.82, 2.24) is 15.0 Å². The second-order valence-corrected chi connectivity index (χ2v) is 12.7. The van der Waals surface area contributed by atoms with E-state index in [0.717, 1.165) is 54.8 Å². The van der Waals surface area contributed by atoms with Crippen LogP contribution in [0.4, 0.5) is 0 Å². The lowest BCUT2D eigenvalue weighted by atomic mass is 9.98. The van der Waals surface area contributed by atoms with Crippen molar-refractivity contribution >= 4 is 47.4 Å². The third-order valence-corrected chi connectivity index (χ3v) is 9.44. The van der Waals surface area contributed by atoms with Crippen LogP contribution in [-0.2, 0) is 0 Å². The van der Waals surface area contributed by atoms with Crippen LogP contribution in [0.25, 0.3) is 76.3 Å². The number of nitrogens with zero attached hydrogens (tertiary/aromatic N) is 3. The molecule has 0 radical (unpaired) electrons. The number of hydrogen-bond acceptors (Lipinski definition) is 4. The number of aromatic nitrogens is 3. The maximum absolute atomic E-state index is 5.15. The molecule has 0 saturated heterocycles. The van der Waals surface area contributed by atoms with E-state index >= 15 is 0 Å². The first kappa shape index (κ1) is 26.6. The Morgan fingerprint density at radius 1 is 0.500 bits per heavy atom. The Labute approximate surface area is 267 Å². The second kappa shape index (κ2) is 11.3. The van der Waals surface area contributed by atoms with E-state index in [1.807, 2.05) is 41.8 Å². The molecular formula is C39H24BrN3S. The molecule has 0 fully saturated rings. The smallest absolute Gasteiger partial charge is 0.160 e. The van der Waals surface area contributed by atoms with Crippen molar-refractivity contribution in [1.29, 1.82) is 0 Å². The molecular weight excluding hydrogens is 622 g/mol. The monoisotopic (exact) mass is 645 g/mol. The van der Waals surface area contributed by atoms with Gasteiger partial charge in [0.25, 0.3) is 0 Å². The van der Waals surface area contributed by atoms with Gasteiger partial charge in [-0.1, -0.05) is 107 Å². The molecule has 3 nitrogen and oxygen atoms in total. The fourth-order valence-corrected chi connectivity index (χ4v) is 7.36. The van der Waals surface area contributed by atoms with Gasteiger partial charge < -0.3 is 0 Å². The van der Waals surface area contributed by atoms with Gasteiger partial charge in [-0.15, -0.1) is 11.3 Å². The average Bonchev–Trinajstić information content (AvgIpc) is 3.48. The highest BCUT2D eigenvalue weighted by Crippen LogP contribution is 2.41. The van der Waals surface area contributed by atoms with Crippen LogP contribution in [0, 0.1) is 0 Å². The van der Waals surface area contributed by atoms with Gasteiger partial charge in [0.2, 0.25) is 0 Å². The molecule has 5 aromatic carbocycles. The predicted octanol–water partition coefficient (Wildman–Crippen LogP) is 11.3. The zero-order valence-corrected chi connectivity index (χ0v) is 25.9. The van der Waals surface area contributed by atoms with E-state index < -0.39 is 0 Å². The van der Waals surface area contributed by atoms with Gasteiger partial charge >= 0.3 is 0 Å². The van der Waals surface area contributed by atoms with Crippen molar-refractivity contribution in [2.24, 2.45) is 0 Å². The Kier molecular flexibility index (Phi) is 6.82. The molecule has 0 unspecified atom stereocenters. The lowest BCUT2D eigenvalue weighted by molar-refractivity contribution is 1.18. The molecule has 0 amide bonds. The molecule has 0 aliphatic heterocycles. The Morgan fingerprint density at radius 3 is 2.02 bits per heavy atom. The van der Waals surface area contributed by atoms with Gasteiger partial charge in [0.05, 0.1) is 11.4 Å². The number of hydrogen-bond donors (Lipinski definition) is 0. The normalized spacial score (nSPS) is 11.3. The highest BCUT2D eigenvalue weighted by molar-refractivity contribution is 9.10. The molecule has 8 rings (SSSR count). The van der Waals surface area contributed by atoms with E-state index in [0.29, 0.717) is 5.82 Å². The minimum atomic E-state index is 0.706. The number of thiophene rings is 1. The molecule has 0 N–H and O–H groups in total. The summed E-state index contributed by atoms with van der Waals surface area (Å²) in [6, 6.07) is 46.6. The first-order valence-electron chi connectivity index (χ1n) is 14.4. The standard InChI is InChI=1S/C39H24BrN3S/c40-31-21-29(26-17-15-25(16-18-26)28-10-7-19-41-24-28)20-30(22-31)34-23-35(43-39(42-34)27-8-2-1-3-9-27)32-12-6-14-37-38(32)33-11-4-5-13-36(33)44-37/h1-24H. The molecule has 0 saturated carbocycles. The third-order valence-electron chi connectivity index (χ3n) is 7.84. The molecule has 0 atom stereocenters. The largest absolute Gasteiger partial charge is 0.264 e. The van der Waals surface area contributed by atoms with Gasteiger partial charge in [0.1, 0.15) is 0 Å². The summed E-state index contributed by atoms with van der Waals surface area (Å²) in [5.41, 5.74) is 9.39. The molecule has 0 aliphatic carbocycles. The molecule has 3 aromatic heterocycles. The zero-order chi connectivity index (χ0) is 29.5. The summed E-state index contributed by atoms with van der Waals surface area (Å²) in [5, 5.41) is 2.49. The van der Waals surface area contributed by atoms with Crippen molar-refractivity contribution in [2.45, 2.75) is 0 Å². The lowest BCUT2D eigenvalue weighted by Gasteiger charge is -2.12. The van der Waals surface area contributed by atoms with E-state index in [2.05, 4.69) is 130 Å². The molecule has 8 aromatic rings. The first-order valence-corrected chi connectivity index (χ1v) is 16.0. The van der Waals surface area contributed by atoms with Gasteiger partial charge in [-0.25, -0.2) is 9.97 Å². The maximum Gasteiger partial charge on any atom is 0.160 e. The van der Waals surface area contributed by atoms with Crippen molar-refractivity contribution in [3.8, 4) is 56.2 Å². The van der Waals surface area contributed by atoms with Crippen LogP contribution in [0.5, 0.6) is 0 Å². The summed E-state index contributed by atoms with van der Waals surface area (Å²) in [6.07, 6.45) is 3.69. The zero-order valence-electron chi connectivity index (χ0n) is 23.5. The summed E-state index contributed by atoms with van der Waals surface area (Å²) in [7, 11) is 0. The number of benzene rings is 5. The molecule has 0 aliphatic rings. The Balaban J connectivity index is 1.29. The van der Waals surface area contributed by atoms with Crippen LogP contribution >= 0.6 is 27.3 Å². The van der Waals surface area contributed by atoms with E-state index in [-0.39, 0.29) is 0 Å². The van der Waals surface area contributed by atoms with Crippen LogP contribution in [0.15, 0.2) is 150 Å². The van der Waals surface area contributed by atoms with Crippen LogP contribution in [0.1, 0.15) is 0 Å². The fraction of sp³-hybridized carbons (Fsp3) is 0. The van der Waals surface area contributed by atoms with Crippen molar-refractivity contribution in [3.05, 3.63) is 150 Å². The van der Waals surface area contributed by atoms with Crippen molar-refractivity contribution < 1.29 is 0 Å². The summed E-state index contributed by atoms with van der Waals surface area (Å²) >= 11 is 5.61. The van der Waals surface area contributed by atoms with E-state index in [1.165, 1.54) is 20.2 Å². The summed E-state index contributed by atoms with van der Waals surface area (Å²) in [5.74, 6) is 0.706. The molecule has 3 heterocycles. The van der Waals surface area contributed by atoms with E-state index in [9.17, 15) is 0 Å². The van der Waals surface area contributed by atoms with Gasteiger partial charge in [-0.3, -0.25) is 4.98 Å². The van der Waals surface area contributed by atoms with Gasteiger partial charge in [-0.2, -0.15) is 0 Å². The number of halogens is 1. The van der Waals surface area contributed by atoms with Crippen molar-refractivity contribution in [3.63, 3.8) is 0 Å². The van der Waals surface area contributed by atoms with E-state index in [1.54, 1.807) is 6.20 Å².